The van der Waals surface area contributed by atoms with Crippen LogP contribution >= 0.6 is 0 Å². The topological polar surface area (TPSA) is 21.3 Å². The molecule has 15 heavy (non-hydrogen) atoms. The van der Waals surface area contributed by atoms with Crippen LogP contribution in [0.25, 0.3) is 0 Å². The highest BCUT2D eigenvalue weighted by Crippen LogP contribution is 2.30. The molecule has 1 saturated heterocycles. The molecule has 0 amide bonds. The van der Waals surface area contributed by atoms with E-state index in [4.69, 9.17) is 4.74 Å². The highest BCUT2D eigenvalue weighted by atomic mass is 19.1. The third-order valence-corrected chi connectivity index (χ3v) is 2.88. The predicted molar refractivity (Wildman–Crippen MR) is 57.5 cm³/mol. The summed E-state index contributed by atoms with van der Waals surface area (Å²) < 4.78 is 18.4. The zero-order valence-corrected chi connectivity index (χ0v) is 8.92. The molecule has 1 atom stereocenters. The highest BCUT2D eigenvalue weighted by molar-refractivity contribution is 5.36. The van der Waals surface area contributed by atoms with Crippen molar-refractivity contribution >= 4 is 0 Å². The largest absolute Gasteiger partial charge is 0.496 e. The second-order valence-corrected chi connectivity index (χ2v) is 3.89. The third kappa shape index (κ3) is 2.29. The summed E-state index contributed by atoms with van der Waals surface area (Å²) in [6.07, 6.45) is 3.45. The average Bonchev–Trinajstić information content (AvgIpc) is 2.30. The molecule has 1 N–H and O–H groups in total. The SMILES string of the molecule is COc1ccc(F)cc1C1CCCCN1. The first kappa shape index (κ1) is 10.4. The lowest BCUT2D eigenvalue weighted by molar-refractivity contribution is 0.372. The quantitative estimate of drug-likeness (QED) is 0.808. The summed E-state index contributed by atoms with van der Waals surface area (Å²) in [5.74, 6) is 0.578. The molecule has 0 spiro atoms. The monoisotopic (exact) mass is 209 g/mol. The molecule has 1 aromatic rings. The molecule has 1 fully saturated rings. The molecule has 0 radical (unpaired) electrons. The summed E-state index contributed by atoms with van der Waals surface area (Å²) in [6.45, 7) is 1.00. The lowest BCUT2D eigenvalue weighted by Gasteiger charge is -2.25. The second kappa shape index (κ2) is 4.62. The van der Waals surface area contributed by atoms with E-state index in [-0.39, 0.29) is 11.9 Å². The maximum absolute atomic E-state index is 13.2. The van der Waals surface area contributed by atoms with Crippen molar-refractivity contribution in [3.8, 4) is 5.75 Å². The van der Waals surface area contributed by atoms with Crippen molar-refractivity contribution in [2.75, 3.05) is 13.7 Å². The molecule has 0 aliphatic carbocycles. The van der Waals surface area contributed by atoms with E-state index >= 15 is 0 Å². The Labute approximate surface area is 89.4 Å². The Hall–Kier alpha value is -1.09. The zero-order valence-electron chi connectivity index (χ0n) is 8.92. The van der Waals surface area contributed by atoms with Crippen LogP contribution in [0.3, 0.4) is 0 Å². The molecule has 1 aliphatic heterocycles. The van der Waals surface area contributed by atoms with Crippen LogP contribution in [0, 0.1) is 5.82 Å². The van der Waals surface area contributed by atoms with Crippen molar-refractivity contribution in [3.63, 3.8) is 0 Å². The zero-order chi connectivity index (χ0) is 10.7. The molecule has 2 rings (SSSR count). The molecule has 1 aromatic carbocycles. The Balaban J connectivity index is 2.27. The Bertz CT molecular complexity index is 334. The van der Waals surface area contributed by atoms with Crippen LogP contribution in [0.1, 0.15) is 30.9 Å². The molecular formula is C12H16FNO. The number of ether oxygens (including phenoxy) is 1. The Morgan fingerprint density at radius 1 is 1.40 bits per heavy atom. The van der Waals surface area contributed by atoms with Gasteiger partial charge in [-0.1, -0.05) is 6.42 Å². The molecule has 1 unspecified atom stereocenters. The van der Waals surface area contributed by atoms with Crippen LogP contribution in [0.15, 0.2) is 18.2 Å². The number of rotatable bonds is 2. The van der Waals surface area contributed by atoms with E-state index in [9.17, 15) is 4.39 Å². The summed E-state index contributed by atoms with van der Waals surface area (Å²) >= 11 is 0. The third-order valence-electron chi connectivity index (χ3n) is 2.88. The van der Waals surface area contributed by atoms with Gasteiger partial charge in [-0.3, -0.25) is 0 Å². The van der Waals surface area contributed by atoms with Gasteiger partial charge >= 0.3 is 0 Å². The van der Waals surface area contributed by atoms with Gasteiger partial charge in [-0.15, -0.1) is 0 Å². The molecule has 2 nitrogen and oxygen atoms in total. The first-order chi connectivity index (χ1) is 7.31. The van der Waals surface area contributed by atoms with E-state index in [0.29, 0.717) is 0 Å². The Morgan fingerprint density at radius 2 is 2.27 bits per heavy atom. The van der Waals surface area contributed by atoms with Crippen LogP contribution in [0.5, 0.6) is 5.75 Å². The lowest BCUT2D eigenvalue weighted by atomic mass is 9.97. The molecule has 0 saturated carbocycles. The van der Waals surface area contributed by atoms with Crippen molar-refractivity contribution in [1.82, 2.24) is 5.32 Å². The van der Waals surface area contributed by atoms with E-state index in [1.165, 1.54) is 18.9 Å². The van der Waals surface area contributed by atoms with Gasteiger partial charge in [0.2, 0.25) is 0 Å². The van der Waals surface area contributed by atoms with Gasteiger partial charge in [0.05, 0.1) is 7.11 Å². The maximum atomic E-state index is 13.2. The van der Waals surface area contributed by atoms with Gasteiger partial charge in [0.1, 0.15) is 11.6 Å². The standard InChI is InChI=1S/C12H16FNO/c1-15-12-6-5-9(13)8-10(12)11-4-2-3-7-14-11/h5-6,8,11,14H,2-4,7H2,1H3. The minimum Gasteiger partial charge on any atom is -0.496 e. The number of nitrogens with one attached hydrogen (secondary N) is 1. The Kier molecular flexibility index (Phi) is 3.21. The minimum absolute atomic E-state index is 0.196. The summed E-state index contributed by atoms with van der Waals surface area (Å²) in [5.41, 5.74) is 0.942. The van der Waals surface area contributed by atoms with Crippen LogP contribution in [-0.4, -0.2) is 13.7 Å². The van der Waals surface area contributed by atoms with Crippen molar-refractivity contribution in [1.29, 1.82) is 0 Å². The smallest absolute Gasteiger partial charge is 0.123 e. The maximum Gasteiger partial charge on any atom is 0.123 e. The number of halogens is 1. The molecule has 0 bridgehead atoms. The van der Waals surface area contributed by atoms with E-state index in [1.54, 1.807) is 19.2 Å². The number of methoxy groups -OCH3 is 1. The fourth-order valence-corrected chi connectivity index (χ4v) is 2.09. The number of hydrogen-bond acceptors (Lipinski definition) is 2. The van der Waals surface area contributed by atoms with Crippen molar-refractivity contribution in [2.24, 2.45) is 0 Å². The van der Waals surface area contributed by atoms with Crippen molar-refractivity contribution in [3.05, 3.63) is 29.6 Å². The van der Waals surface area contributed by atoms with E-state index in [2.05, 4.69) is 5.32 Å². The fourth-order valence-electron chi connectivity index (χ4n) is 2.09. The molecule has 1 heterocycles. The molecular weight excluding hydrogens is 193 g/mol. The molecule has 0 aromatic heterocycles. The molecule has 82 valence electrons. The summed E-state index contributed by atoms with van der Waals surface area (Å²) in [5, 5.41) is 3.39. The molecule has 3 heteroatoms. The van der Waals surface area contributed by atoms with Crippen molar-refractivity contribution in [2.45, 2.75) is 25.3 Å². The van der Waals surface area contributed by atoms with E-state index in [0.717, 1.165) is 24.3 Å². The van der Waals surface area contributed by atoms with Crippen LogP contribution in [0.4, 0.5) is 4.39 Å². The number of benzene rings is 1. The van der Waals surface area contributed by atoms with Gasteiger partial charge in [-0.2, -0.15) is 0 Å². The average molecular weight is 209 g/mol. The lowest BCUT2D eigenvalue weighted by Crippen LogP contribution is -2.27. The van der Waals surface area contributed by atoms with Crippen LogP contribution in [-0.2, 0) is 0 Å². The minimum atomic E-state index is -0.196. The van der Waals surface area contributed by atoms with Gasteiger partial charge in [0.25, 0.3) is 0 Å². The number of hydrogen-bond donors (Lipinski definition) is 1. The summed E-state index contributed by atoms with van der Waals surface area (Å²) in [6, 6.07) is 4.94. The fraction of sp³-hybridized carbons (Fsp3) is 0.500. The van der Waals surface area contributed by atoms with Crippen LogP contribution in [0.2, 0.25) is 0 Å². The first-order valence-electron chi connectivity index (χ1n) is 5.38. The Morgan fingerprint density at radius 3 is 2.93 bits per heavy atom. The summed E-state index contributed by atoms with van der Waals surface area (Å²) in [7, 11) is 1.62. The van der Waals surface area contributed by atoms with Gasteiger partial charge in [-0.25, -0.2) is 4.39 Å². The van der Waals surface area contributed by atoms with Gasteiger partial charge < -0.3 is 10.1 Å². The first-order valence-corrected chi connectivity index (χ1v) is 5.38. The second-order valence-electron chi connectivity index (χ2n) is 3.89. The van der Waals surface area contributed by atoms with E-state index < -0.39 is 0 Å². The number of piperidine rings is 1. The predicted octanol–water partition coefficient (Wildman–Crippen LogP) is 2.65. The van der Waals surface area contributed by atoms with E-state index in [1.807, 2.05) is 0 Å². The molecule has 1 aliphatic rings. The van der Waals surface area contributed by atoms with Crippen LogP contribution < -0.4 is 10.1 Å². The van der Waals surface area contributed by atoms with Crippen molar-refractivity contribution < 1.29 is 9.13 Å². The van der Waals surface area contributed by atoms with Gasteiger partial charge in [0.15, 0.2) is 0 Å². The highest BCUT2D eigenvalue weighted by Gasteiger charge is 2.18. The summed E-state index contributed by atoms with van der Waals surface area (Å²) in [4.78, 5) is 0. The normalized spacial score (nSPS) is 21.3. The van der Waals surface area contributed by atoms with Gasteiger partial charge in [-0.05, 0) is 37.6 Å². The van der Waals surface area contributed by atoms with Gasteiger partial charge in [0, 0.05) is 11.6 Å².